The number of nitrogens with one attached hydrogen (secondary N) is 1. The Hall–Kier alpha value is -1.59. The first-order chi connectivity index (χ1) is 6.72. The van der Waals surface area contributed by atoms with Crippen LogP contribution in [-0.4, -0.2) is 22.6 Å². The van der Waals surface area contributed by atoms with Crippen LogP contribution < -0.4 is 11.1 Å². The SMILES string of the molecule is CCCNC(N)=NCc1noc(C)n1. The molecule has 0 amide bonds. The first-order valence-corrected chi connectivity index (χ1v) is 4.55. The van der Waals surface area contributed by atoms with E-state index in [2.05, 4.69) is 27.4 Å². The lowest BCUT2D eigenvalue weighted by Crippen LogP contribution is -2.32. The molecule has 0 atom stereocenters. The predicted octanol–water partition coefficient (Wildman–Crippen LogP) is 0.192. The zero-order valence-corrected chi connectivity index (χ0v) is 8.45. The number of guanidine groups is 1. The molecule has 0 radical (unpaired) electrons. The summed E-state index contributed by atoms with van der Waals surface area (Å²) in [6.45, 7) is 4.96. The number of hydrogen-bond donors (Lipinski definition) is 2. The molecule has 78 valence electrons. The quantitative estimate of drug-likeness (QED) is 0.531. The van der Waals surface area contributed by atoms with Crippen molar-refractivity contribution in [3.05, 3.63) is 11.7 Å². The molecule has 3 N–H and O–H groups in total. The van der Waals surface area contributed by atoms with Gasteiger partial charge in [-0.2, -0.15) is 4.98 Å². The topological polar surface area (TPSA) is 89.3 Å². The Kier molecular flexibility index (Phi) is 3.90. The van der Waals surface area contributed by atoms with E-state index in [0.717, 1.165) is 13.0 Å². The number of nitrogens with zero attached hydrogens (tertiary/aromatic N) is 3. The molecule has 0 unspecified atom stereocenters. The Morgan fingerprint density at radius 2 is 2.43 bits per heavy atom. The minimum absolute atomic E-state index is 0.347. The highest BCUT2D eigenvalue weighted by molar-refractivity contribution is 5.77. The summed E-state index contributed by atoms with van der Waals surface area (Å²) < 4.78 is 4.79. The number of rotatable bonds is 4. The van der Waals surface area contributed by atoms with Crippen LogP contribution in [0.2, 0.25) is 0 Å². The fourth-order valence-corrected chi connectivity index (χ4v) is 0.870. The third kappa shape index (κ3) is 3.42. The summed E-state index contributed by atoms with van der Waals surface area (Å²) in [6.07, 6.45) is 1.01. The molecule has 6 heteroatoms. The lowest BCUT2D eigenvalue weighted by Gasteiger charge is -2.01. The van der Waals surface area contributed by atoms with E-state index >= 15 is 0 Å². The van der Waals surface area contributed by atoms with Crippen molar-refractivity contribution in [2.75, 3.05) is 6.54 Å². The lowest BCUT2D eigenvalue weighted by atomic mass is 10.5. The maximum atomic E-state index is 5.57. The van der Waals surface area contributed by atoms with Gasteiger partial charge in [0.05, 0.1) is 0 Å². The molecule has 0 aliphatic carbocycles. The first kappa shape index (κ1) is 10.5. The summed E-state index contributed by atoms with van der Waals surface area (Å²) in [5, 5.41) is 6.64. The zero-order valence-electron chi connectivity index (χ0n) is 8.45. The van der Waals surface area contributed by atoms with E-state index in [0.29, 0.717) is 24.2 Å². The van der Waals surface area contributed by atoms with Crippen molar-refractivity contribution in [2.24, 2.45) is 10.7 Å². The number of aliphatic imine (C=N–C) groups is 1. The predicted molar refractivity (Wildman–Crippen MR) is 52.7 cm³/mol. The molecule has 6 nitrogen and oxygen atoms in total. The van der Waals surface area contributed by atoms with Gasteiger partial charge in [0.25, 0.3) is 0 Å². The van der Waals surface area contributed by atoms with E-state index in [-0.39, 0.29) is 0 Å². The zero-order chi connectivity index (χ0) is 10.4. The largest absolute Gasteiger partial charge is 0.370 e. The number of hydrogen-bond acceptors (Lipinski definition) is 4. The van der Waals surface area contributed by atoms with Crippen molar-refractivity contribution in [3.8, 4) is 0 Å². The Morgan fingerprint density at radius 3 is 3.00 bits per heavy atom. The van der Waals surface area contributed by atoms with Gasteiger partial charge in [0.15, 0.2) is 11.8 Å². The van der Waals surface area contributed by atoms with E-state index in [1.54, 1.807) is 6.92 Å². The van der Waals surface area contributed by atoms with E-state index in [9.17, 15) is 0 Å². The molecule has 1 aromatic heterocycles. The van der Waals surface area contributed by atoms with Crippen LogP contribution in [-0.2, 0) is 6.54 Å². The molecule has 0 fully saturated rings. The molecule has 0 bridgehead atoms. The number of nitrogens with two attached hydrogens (primary N) is 1. The van der Waals surface area contributed by atoms with Crippen molar-refractivity contribution < 1.29 is 4.52 Å². The van der Waals surface area contributed by atoms with Crippen LogP contribution in [0.3, 0.4) is 0 Å². The number of aryl methyl sites for hydroxylation is 1. The van der Waals surface area contributed by atoms with Gasteiger partial charge in [0.2, 0.25) is 5.89 Å². The van der Waals surface area contributed by atoms with Crippen LogP contribution in [0.25, 0.3) is 0 Å². The molecule has 0 saturated carbocycles. The van der Waals surface area contributed by atoms with Crippen LogP contribution in [0.15, 0.2) is 9.52 Å². The Balaban J connectivity index is 2.38. The van der Waals surface area contributed by atoms with Crippen molar-refractivity contribution in [1.29, 1.82) is 0 Å². The minimum atomic E-state index is 0.347. The highest BCUT2D eigenvalue weighted by Gasteiger charge is 2.00. The molecule has 1 aromatic rings. The van der Waals surface area contributed by atoms with Gasteiger partial charge in [-0.25, -0.2) is 4.99 Å². The van der Waals surface area contributed by atoms with Crippen molar-refractivity contribution >= 4 is 5.96 Å². The van der Waals surface area contributed by atoms with Gasteiger partial charge in [-0.05, 0) is 6.42 Å². The second-order valence-electron chi connectivity index (χ2n) is 2.86. The lowest BCUT2D eigenvalue weighted by molar-refractivity contribution is 0.387. The molecular formula is C8H15N5O. The maximum absolute atomic E-state index is 5.57. The smallest absolute Gasteiger partial charge is 0.223 e. The highest BCUT2D eigenvalue weighted by Crippen LogP contribution is 1.95. The Bertz CT molecular complexity index is 306. The summed E-state index contributed by atoms with van der Waals surface area (Å²) in [5.74, 6) is 1.49. The van der Waals surface area contributed by atoms with Crippen LogP contribution in [0.4, 0.5) is 0 Å². The molecule has 0 aromatic carbocycles. The molecule has 0 saturated heterocycles. The third-order valence-electron chi connectivity index (χ3n) is 1.52. The molecular weight excluding hydrogens is 182 g/mol. The van der Waals surface area contributed by atoms with E-state index in [1.807, 2.05) is 0 Å². The minimum Gasteiger partial charge on any atom is -0.370 e. The summed E-state index contributed by atoms with van der Waals surface area (Å²) in [5.41, 5.74) is 5.57. The monoisotopic (exact) mass is 197 g/mol. The van der Waals surface area contributed by atoms with E-state index < -0.39 is 0 Å². The van der Waals surface area contributed by atoms with Crippen LogP contribution in [0, 0.1) is 6.92 Å². The summed E-state index contributed by atoms with van der Waals surface area (Å²) in [6, 6.07) is 0. The van der Waals surface area contributed by atoms with Gasteiger partial charge in [-0.15, -0.1) is 0 Å². The highest BCUT2D eigenvalue weighted by atomic mass is 16.5. The van der Waals surface area contributed by atoms with Crippen LogP contribution in [0.5, 0.6) is 0 Å². The van der Waals surface area contributed by atoms with Crippen molar-refractivity contribution in [2.45, 2.75) is 26.8 Å². The molecule has 0 aliphatic rings. The molecule has 0 aliphatic heterocycles. The molecule has 1 rings (SSSR count). The maximum Gasteiger partial charge on any atom is 0.223 e. The molecule has 14 heavy (non-hydrogen) atoms. The molecule has 0 spiro atoms. The van der Waals surface area contributed by atoms with Gasteiger partial charge in [0.1, 0.15) is 6.54 Å². The normalized spacial score (nSPS) is 11.7. The molecule has 1 heterocycles. The van der Waals surface area contributed by atoms with Gasteiger partial charge >= 0.3 is 0 Å². The van der Waals surface area contributed by atoms with Crippen molar-refractivity contribution in [3.63, 3.8) is 0 Å². The second kappa shape index (κ2) is 5.21. The average molecular weight is 197 g/mol. The van der Waals surface area contributed by atoms with Gasteiger partial charge in [0, 0.05) is 13.5 Å². The van der Waals surface area contributed by atoms with Crippen molar-refractivity contribution in [1.82, 2.24) is 15.5 Å². The van der Waals surface area contributed by atoms with E-state index in [4.69, 9.17) is 10.3 Å². The fourth-order valence-electron chi connectivity index (χ4n) is 0.870. The van der Waals surface area contributed by atoms with Gasteiger partial charge in [-0.1, -0.05) is 12.1 Å². The number of aromatic nitrogens is 2. The average Bonchev–Trinajstić information content (AvgIpc) is 2.58. The first-order valence-electron chi connectivity index (χ1n) is 4.55. The van der Waals surface area contributed by atoms with Crippen LogP contribution >= 0.6 is 0 Å². The summed E-state index contributed by atoms with van der Waals surface area (Å²) in [4.78, 5) is 8.04. The fraction of sp³-hybridized carbons (Fsp3) is 0.625. The Morgan fingerprint density at radius 1 is 1.64 bits per heavy atom. The van der Waals surface area contributed by atoms with Gasteiger partial charge in [-0.3, -0.25) is 0 Å². The second-order valence-corrected chi connectivity index (χ2v) is 2.86. The standard InChI is InChI=1S/C8H15N5O/c1-3-4-10-8(9)11-5-7-12-6(2)14-13-7/h3-5H2,1-2H3,(H3,9,10,11). The van der Waals surface area contributed by atoms with E-state index in [1.165, 1.54) is 0 Å². The van der Waals surface area contributed by atoms with Crippen LogP contribution in [0.1, 0.15) is 25.1 Å². The Labute approximate surface area is 82.6 Å². The summed E-state index contributed by atoms with van der Waals surface area (Å²) >= 11 is 0. The third-order valence-corrected chi connectivity index (χ3v) is 1.52. The summed E-state index contributed by atoms with van der Waals surface area (Å²) in [7, 11) is 0. The van der Waals surface area contributed by atoms with Gasteiger partial charge < -0.3 is 15.6 Å².